The molecule has 0 bridgehead atoms. The van der Waals surface area contributed by atoms with E-state index >= 15 is 0 Å². The van der Waals surface area contributed by atoms with E-state index < -0.39 is 10.8 Å². The van der Waals surface area contributed by atoms with Crippen molar-refractivity contribution in [1.29, 1.82) is 0 Å². The molecular formula is C11H17N3OS2. The zero-order valence-electron chi connectivity index (χ0n) is 9.97. The fraction of sp³-hybridized carbons (Fsp3) is 0.455. The Hall–Kier alpha value is -1.01. The van der Waals surface area contributed by atoms with E-state index in [2.05, 4.69) is 10.3 Å². The van der Waals surface area contributed by atoms with E-state index in [4.69, 9.17) is 18.0 Å². The van der Waals surface area contributed by atoms with Crippen molar-refractivity contribution in [3.63, 3.8) is 0 Å². The molecule has 0 aliphatic rings. The second kappa shape index (κ2) is 6.66. The van der Waals surface area contributed by atoms with Crippen molar-refractivity contribution in [1.82, 2.24) is 4.98 Å². The summed E-state index contributed by atoms with van der Waals surface area (Å²) in [5.74, 6) is 0.689. The highest BCUT2D eigenvalue weighted by molar-refractivity contribution is 7.84. The third-order valence-corrected chi connectivity index (χ3v) is 4.07. The molecule has 1 aromatic heterocycles. The molecule has 17 heavy (non-hydrogen) atoms. The van der Waals surface area contributed by atoms with Gasteiger partial charge >= 0.3 is 0 Å². The van der Waals surface area contributed by atoms with Crippen LogP contribution in [0.15, 0.2) is 18.3 Å². The van der Waals surface area contributed by atoms with Gasteiger partial charge in [0.05, 0.1) is 5.56 Å². The van der Waals surface area contributed by atoms with E-state index in [0.29, 0.717) is 17.4 Å². The normalized spacial score (nSPS) is 14.0. The van der Waals surface area contributed by atoms with Gasteiger partial charge in [-0.2, -0.15) is 0 Å². The average molecular weight is 271 g/mol. The highest BCUT2D eigenvalue weighted by Crippen LogP contribution is 2.11. The minimum Gasteiger partial charge on any atom is -0.389 e. The second-order valence-corrected chi connectivity index (χ2v) is 6.03. The summed E-state index contributed by atoms with van der Waals surface area (Å²) >= 11 is 4.94. The van der Waals surface area contributed by atoms with Gasteiger partial charge in [0.15, 0.2) is 0 Å². The number of rotatable bonds is 6. The van der Waals surface area contributed by atoms with Gasteiger partial charge in [0, 0.05) is 35.0 Å². The third-order valence-electron chi connectivity index (χ3n) is 2.48. The number of anilines is 1. The first-order valence-corrected chi connectivity index (χ1v) is 7.36. The summed E-state index contributed by atoms with van der Waals surface area (Å²) in [7, 11) is -0.793. The van der Waals surface area contributed by atoms with Gasteiger partial charge in [-0.15, -0.1) is 0 Å². The van der Waals surface area contributed by atoms with Crippen LogP contribution < -0.4 is 11.1 Å². The van der Waals surface area contributed by atoms with Crippen LogP contribution in [0.4, 0.5) is 5.82 Å². The number of thiocarbonyl (C=S) groups is 1. The lowest BCUT2D eigenvalue weighted by Gasteiger charge is -2.12. The Morgan fingerprint density at radius 2 is 2.41 bits per heavy atom. The Balaban J connectivity index is 2.58. The molecule has 0 spiro atoms. The first-order chi connectivity index (χ1) is 8.02. The maximum atomic E-state index is 11.2. The largest absolute Gasteiger partial charge is 0.389 e. The van der Waals surface area contributed by atoms with E-state index in [-0.39, 0.29) is 5.25 Å². The highest BCUT2D eigenvalue weighted by atomic mass is 32.2. The van der Waals surface area contributed by atoms with Crippen LogP contribution in [0.3, 0.4) is 0 Å². The predicted octanol–water partition coefficient (Wildman–Crippen LogP) is 1.28. The molecular weight excluding hydrogens is 254 g/mol. The van der Waals surface area contributed by atoms with Gasteiger partial charge in [0.2, 0.25) is 0 Å². The van der Waals surface area contributed by atoms with E-state index in [9.17, 15) is 4.21 Å². The number of nitrogens with two attached hydrogens (primary N) is 1. The second-order valence-electron chi connectivity index (χ2n) is 3.79. The molecule has 0 aliphatic heterocycles. The summed E-state index contributed by atoms with van der Waals surface area (Å²) in [6, 6.07) is 3.63. The summed E-state index contributed by atoms with van der Waals surface area (Å²) in [5.41, 5.74) is 6.34. The molecule has 1 heterocycles. The standard InChI is InChI=1S/C11H17N3OS2/c1-8(17(2)15)5-7-14-11-9(10(12)16)4-3-6-13-11/h3-4,6,8H,5,7H2,1-2H3,(H2,12,16)(H,13,14). The van der Waals surface area contributed by atoms with Gasteiger partial charge < -0.3 is 11.1 Å². The van der Waals surface area contributed by atoms with Gasteiger partial charge in [0.1, 0.15) is 10.8 Å². The zero-order valence-corrected chi connectivity index (χ0v) is 11.6. The van der Waals surface area contributed by atoms with Crippen LogP contribution >= 0.6 is 12.2 Å². The molecule has 0 radical (unpaired) electrons. The SMILES string of the molecule is CC(CCNc1ncccc1C(N)=S)S(C)=O. The molecule has 2 unspecified atom stereocenters. The molecule has 0 saturated carbocycles. The van der Waals surface area contributed by atoms with Crippen LogP contribution in [0, 0.1) is 0 Å². The predicted molar refractivity (Wildman–Crippen MR) is 76.8 cm³/mol. The molecule has 1 rings (SSSR count). The summed E-state index contributed by atoms with van der Waals surface area (Å²) in [6.07, 6.45) is 4.22. The zero-order chi connectivity index (χ0) is 12.8. The Morgan fingerprint density at radius 1 is 1.71 bits per heavy atom. The Labute approximate surface area is 109 Å². The molecule has 4 nitrogen and oxygen atoms in total. The van der Waals surface area contributed by atoms with Gasteiger partial charge in [-0.05, 0) is 18.6 Å². The third kappa shape index (κ3) is 4.40. The molecule has 0 saturated heterocycles. The van der Waals surface area contributed by atoms with Crippen molar-refractivity contribution in [2.75, 3.05) is 18.1 Å². The van der Waals surface area contributed by atoms with Crippen molar-refractivity contribution >= 4 is 33.8 Å². The van der Waals surface area contributed by atoms with Gasteiger partial charge in [-0.1, -0.05) is 19.1 Å². The Kier molecular flexibility index (Phi) is 5.50. The first-order valence-electron chi connectivity index (χ1n) is 5.33. The molecule has 0 amide bonds. The number of hydrogen-bond acceptors (Lipinski definition) is 4. The quantitative estimate of drug-likeness (QED) is 0.763. The average Bonchev–Trinajstić information content (AvgIpc) is 2.29. The number of pyridine rings is 1. The molecule has 94 valence electrons. The lowest BCUT2D eigenvalue weighted by Crippen LogP contribution is -2.18. The fourth-order valence-electron chi connectivity index (χ4n) is 1.30. The topological polar surface area (TPSA) is 68.0 Å². The van der Waals surface area contributed by atoms with Crippen molar-refractivity contribution in [3.8, 4) is 0 Å². The molecule has 3 N–H and O–H groups in total. The maximum absolute atomic E-state index is 11.2. The molecule has 0 fully saturated rings. The highest BCUT2D eigenvalue weighted by Gasteiger charge is 2.08. The monoisotopic (exact) mass is 271 g/mol. The van der Waals surface area contributed by atoms with Crippen LogP contribution in [-0.4, -0.2) is 32.2 Å². The van der Waals surface area contributed by atoms with Crippen LogP contribution in [0.5, 0.6) is 0 Å². The smallest absolute Gasteiger partial charge is 0.136 e. The summed E-state index contributed by atoms with van der Waals surface area (Å²) in [4.78, 5) is 4.51. The number of hydrogen-bond donors (Lipinski definition) is 2. The molecule has 6 heteroatoms. The molecule has 1 aromatic rings. The number of nitrogens with one attached hydrogen (secondary N) is 1. The van der Waals surface area contributed by atoms with E-state index in [1.54, 1.807) is 18.5 Å². The lowest BCUT2D eigenvalue weighted by molar-refractivity contribution is 0.672. The van der Waals surface area contributed by atoms with E-state index in [1.807, 2.05) is 13.0 Å². The van der Waals surface area contributed by atoms with Crippen molar-refractivity contribution in [3.05, 3.63) is 23.9 Å². The minimum absolute atomic E-state index is 0.166. The van der Waals surface area contributed by atoms with E-state index in [1.165, 1.54) is 0 Å². The van der Waals surface area contributed by atoms with Gasteiger partial charge in [0.25, 0.3) is 0 Å². The van der Waals surface area contributed by atoms with E-state index in [0.717, 1.165) is 12.0 Å². The van der Waals surface area contributed by atoms with Crippen molar-refractivity contribution in [2.45, 2.75) is 18.6 Å². The Morgan fingerprint density at radius 3 is 3.00 bits per heavy atom. The maximum Gasteiger partial charge on any atom is 0.136 e. The van der Waals surface area contributed by atoms with Gasteiger partial charge in [-0.25, -0.2) is 4.98 Å². The summed E-state index contributed by atoms with van der Waals surface area (Å²) in [6.45, 7) is 2.66. The molecule has 0 aliphatic carbocycles. The fourth-order valence-corrected chi connectivity index (χ4v) is 1.92. The minimum atomic E-state index is -0.793. The van der Waals surface area contributed by atoms with Gasteiger partial charge in [-0.3, -0.25) is 4.21 Å². The van der Waals surface area contributed by atoms with Crippen molar-refractivity contribution in [2.24, 2.45) is 5.73 Å². The lowest BCUT2D eigenvalue weighted by atomic mass is 10.2. The van der Waals surface area contributed by atoms with Crippen molar-refractivity contribution < 1.29 is 4.21 Å². The Bertz CT molecular complexity index is 423. The van der Waals surface area contributed by atoms with Crippen LogP contribution in [0.25, 0.3) is 0 Å². The van der Waals surface area contributed by atoms with Crippen LogP contribution in [-0.2, 0) is 10.8 Å². The molecule has 2 atom stereocenters. The summed E-state index contributed by atoms with van der Waals surface area (Å²) < 4.78 is 11.2. The summed E-state index contributed by atoms with van der Waals surface area (Å²) in [5, 5.41) is 3.33. The number of nitrogens with zero attached hydrogens (tertiary/aromatic N) is 1. The van der Waals surface area contributed by atoms with Crippen LogP contribution in [0.1, 0.15) is 18.9 Å². The number of aromatic nitrogens is 1. The van der Waals surface area contributed by atoms with Crippen LogP contribution in [0.2, 0.25) is 0 Å². The molecule has 0 aromatic carbocycles. The first kappa shape index (κ1) is 14.1.